The summed E-state index contributed by atoms with van der Waals surface area (Å²) in [4.78, 5) is 15.0. The molecule has 0 unspecified atom stereocenters. The van der Waals surface area contributed by atoms with Crippen LogP contribution < -0.4 is 4.90 Å². The molecule has 0 amide bonds. The van der Waals surface area contributed by atoms with Crippen LogP contribution in [0.2, 0.25) is 0 Å². The summed E-state index contributed by atoms with van der Waals surface area (Å²) >= 11 is 0. The van der Waals surface area contributed by atoms with Gasteiger partial charge in [-0.3, -0.25) is 0 Å². The van der Waals surface area contributed by atoms with Crippen LogP contribution in [-0.4, -0.2) is 55.9 Å². The molecule has 0 atom stereocenters. The number of hydrogen-bond acceptors (Lipinski definition) is 6. The third-order valence-corrected chi connectivity index (χ3v) is 5.58. The average molecular weight is 401 g/mol. The van der Waals surface area contributed by atoms with Crippen LogP contribution in [0.15, 0.2) is 30.3 Å². The summed E-state index contributed by atoms with van der Waals surface area (Å²) in [5.41, 5.74) is 5.02. The second-order valence-electron chi connectivity index (χ2n) is 7.32. The number of H-pyrrole nitrogens is 1. The number of pyridine rings is 2. The van der Waals surface area contributed by atoms with Gasteiger partial charge in [0.15, 0.2) is 9.84 Å². The molecule has 0 saturated carbocycles. The van der Waals surface area contributed by atoms with Gasteiger partial charge >= 0.3 is 0 Å². The van der Waals surface area contributed by atoms with E-state index in [1.54, 1.807) is 0 Å². The maximum Gasteiger partial charge on any atom is 0.151 e. The van der Waals surface area contributed by atoms with E-state index in [2.05, 4.69) is 9.88 Å². The van der Waals surface area contributed by atoms with Crippen molar-refractivity contribution >= 4 is 26.7 Å². The number of anilines is 1. The fourth-order valence-electron chi connectivity index (χ4n) is 3.51. The van der Waals surface area contributed by atoms with Crippen molar-refractivity contribution in [3.63, 3.8) is 0 Å². The highest BCUT2D eigenvalue weighted by Gasteiger charge is 2.16. The predicted octanol–water partition coefficient (Wildman–Crippen LogP) is 2.70. The maximum atomic E-state index is 11.9. The van der Waals surface area contributed by atoms with Crippen molar-refractivity contribution in [2.75, 3.05) is 37.5 Å². The quantitative estimate of drug-likeness (QED) is 0.724. The van der Waals surface area contributed by atoms with Crippen molar-refractivity contribution in [2.45, 2.75) is 19.1 Å². The van der Waals surface area contributed by atoms with E-state index in [9.17, 15) is 8.42 Å². The molecule has 0 bridgehead atoms. The Balaban J connectivity index is 1.79. The number of nitrogens with one attached hydrogen (secondary N) is 1. The zero-order valence-electron chi connectivity index (χ0n) is 16.1. The molecular weight excluding hydrogens is 376 g/mol. The Hall–Kier alpha value is -2.45. The number of aryl methyl sites for hydroxylation is 1. The van der Waals surface area contributed by atoms with Gasteiger partial charge in [-0.2, -0.15) is 0 Å². The molecule has 0 radical (unpaired) electrons. The van der Waals surface area contributed by atoms with Gasteiger partial charge in [-0.1, -0.05) is 0 Å². The molecule has 8 heteroatoms. The monoisotopic (exact) mass is 400 g/mol. The first-order valence-corrected chi connectivity index (χ1v) is 11.4. The molecule has 148 valence electrons. The van der Waals surface area contributed by atoms with Crippen LogP contribution >= 0.6 is 0 Å². The third kappa shape index (κ3) is 4.34. The fraction of sp³-hybridized carbons (Fsp3) is 0.400. The summed E-state index contributed by atoms with van der Waals surface area (Å²) in [6, 6.07) is 9.59. The molecule has 1 aliphatic heterocycles. The van der Waals surface area contributed by atoms with E-state index in [1.807, 2.05) is 37.3 Å². The lowest BCUT2D eigenvalue weighted by Crippen LogP contribution is -2.27. The van der Waals surface area contributed by atoms with Gasteiger partial charge in [-0.25, -0.2) is 18.4 Å². The Morgan fingerprint density at radius 3 is 2.79 bits per heavy atom. The largest absolute Gasteiger partial charge is 0.380 e. The van der Waals surface area contributed by atoms with E-state index >= 15 is 0 Å². The smallest absolute Gasteiger partial charge is 0.151 e. The Morgan fingerprint density at radius 2 is 1.96 bits per heavy atom. The van der Waals surface area contributed by atoms with Crippen LogP contribution in [0, 0.1) is 6.92 Å². The highest BCUT2D eigenvalue weighted by Crippen LogP contribution is 2.25. The molecule has 4 rings (SSSR count). The molecule has 1 fully saturated rings. The summed E-state index contributed by atoms with van der Waals surface area (Å²) in [6.07, 6.45) is 2.17. The number of rotatable bonds is 4. The molecule has 4 heterocycles. The van der Waals surface area contributed by atoms with Crippen molar-refractivity contribution in [3.05, 3.63) is 41.6 Å². The zero-order valence-corrected chi connectivity index (χ0v) is 16.9. The van der Waals surface area contributed by atoms with E-state index in [0.717, 1.165) is 59.9 Å². The maximum absolute atomic E-state index is 11.9. The summed E-state index contributed by atoms with van der Waals surface area (Å²) in [5, 5.41) is 0. The Labute approximate surface area is 164 Å². The van der Waals surface area contributed by atoms with E-state index in [1.165, 1.54) is 6.26 Å². The predicted molar refractivity (Wildman–Crippen MR) is 110 cm³/mol. The number of aromatic nitrogens is 3. The van der Waals surface area contributed by atoms with E-state index in [-0.39, 0.29) is 5.75 Å². The molecule has 1 saturated heterocycles. The molecule has 3 aromatic heterocycles. The minimum absolute atomic E-state index is 0.0225. The topological polar surface area (TPSA) is 88.2 Å². The van der Waals surface area contributed by atoms with Crippen molar-refractivity contribution in [1.29, 1.82) is 0 Å². The van der Waals surface area contributed by atoms with Gasteiger partial charge < -0.3 is 14.6 Å². The van der Waals surface area contributed by atoms with Crippen LogP contribution in [0.1, 0.15) is 17.7 Å². The van der Waals surface area contributed by atoms with E-state index < -0.39 is 9.84 Å². The van der Waals surface area contributed by atoms with Crippen molar-refractivity contribution in [2.24, 2.45) is 0 Å². The molecule has 0 aliphatic carbocycles. The van der Waals surface area contributed by atoms with Gasteiger partial charge in [0.1, 0.15) is 5.82 Å². The van der Waals surface area contributed by atoms with Crippen LogP contribution in [-0.2, 0) is 20.3 Å². The highest BCUT2D eigenvalue weighted by atomic mass is 32.2. The number of ether oxygens (including phenoxy) is 1. The lowest BCUT2D eigenvalue weighted by molar-refractivity contribution is 0.152. The highest BCUT2D eigenvalue weighted by molar-refractivity contribution is 7.89. The Bertz CT molecular complexity index is 1100. The first-order valence-electron chi connectivity index (χ1n) is 9.35. The van der Waals surface area contributed by atoms with E-state index in [0.29, 0.717) is 12.3 Å². The van der Waals surface area contributed by atoms with Gasteiger partial charge in [0, 0.05) is 31.6 Å². The van der Waals surface area contributed by atoms with Crippen LogP contribution in [0.25, 0.3) is 22.4 Å². The Kier molecular flexibility index (Phi) is 5.07. The van der Waals surface area contributed by atoms with Gasteiger partial charge in [-0.05, 0) is 49.2 Å². The normalized spacial score (nSPS) is 15.7. The molecule has 0 spiro atoms. The number of aromatic amines is 1. The second kappa shape index (κ2) is 7.52. The minimum atomic E-state index is -3.16. The summed E-state index contributed by atoms with van der Waals surface area (Å²) < 4.78 is 29.3. The molecular formula is C20H24N4O3S. The van der Waals surface area contributed by atoms with E-state index in [4.69, 9.17) is 14.7 Å². The fourth-order valence-corrected chi connectivity index (χ4v) is 4.28. The summed E-state index contributed by atoms with van der Waals surface area (Å²) in [7, 11) is -3.16. The molecule has 0 aromatic carbocycles. The Morgan fingerprint density at radius 1 is 1.11 bits per heavy atom. The van der Waals surface area contributed by atoms with Gasteiger partial charge in [-0.15, -0.1) is 0 Å². The summed E-state index contributed by atoms with van der Waals surface area (Å²) in [5.74, 6) is 0.750. The molecule has 7 nitrogen and oxygen atoms in total. The lowest BCUT2D eigenvalue weighted by Gasteiger charge is -2.22. The third-order valence-electron chi connectivity index (χ3n) is 4.72. The average Bonchev–Trinajstić information content (AvgIpc) is 2.81. The molecule has 28 heavy (non-hydrogen) atoms. The van der Waals surface area contributed by atoms with Crippen molar-refractivity contribution < 1.29 is 13.2 Å². The number of nitrogens with zero attached hydrogens (tertiary/aromatic N) is 3. The molecule has 1 N–H and O–H groups in total. The van der Waals surface area contributed by atoms with Crippen LogP contribution in [0.3, 0.4) is 0 Å². The second-order valence-corrected chi connectivity index (χ2v) is 9.46. The molecule has 3 aromatic rings. The van der Waals surface area contributed by atoms with Crippen LogP contribution in [0.4, 0.5) is 5.82 Å². The van der Waals surface area contributed by atoms with Crippen LogP contribution in [0.5, 0.6) is 0 Å². The SMILES string of the molecule is Cc1cc2nc(-c3cc(CS(C)(=O)=O)cc(N4CCCOCC4)n3)ccc2[nH]1. The van der Waals surface area contributed by atoms with Gasteiger partial charge in [0.05, 0.1) is 34.8 Å². The van der Waals surface area contributed by atoms with Crippen molar-refractivity contribution in [3.8, 4) is 11.4 Å². The van der Waals surface area contributed by atoms with Gasteiger partial charge in [0.25, 0.3) is 0 Å². The lowest BCUT2D eigenvalue weighted by atomic mass is 10.1. The van der Waals surface area contributed by atoms with Gasteiger partial charge in [0.2, 0.25) is 0 Å². The minimum Gasteiger partial charge on any atom is -0.380 e. The van der Waals surface area contributed by atoms with Crippen molar-refractivity contribution in [1.82, 2.24) is 15.0 Å². The first kappa shape index (κ1) is 18.9. The summed E-state index contributed by atoms with van der Waals surface area (Å²) in [6.45, 7) is 4.93. The first-order chi connectivity index (χ1) is 13.4. The standard InChI is InChI=1S/C20H24N4O3S/c1-14-10-18-16(21-14)4-5-17(22-18)19-11-15(13-28(2,25)26)12-20(23-19)24-6-3-8-27-9-7-24/h4-5,10-12,21H,3,6-9,13H2,1-2H3. The number of sulfone groups is 1. The number of hydrogen-bond donors (Lipinski definition) is 1. The zero-order chi connectivity index (χ0) is 19.7. The number of fused-ring (bicyclic) bond motifs is 1. The molecule has 1 aliphatic rings.